The smallest absolute Gasteiger partial charge is 0.264 e. The SMILES string of the molecule is Cc1nc(Nc2ccc(NS(=O)(=O)c3ccccc3F)cc2)cc(NC2CCCCC2)n1. The largest absolute Gasteiger partial charge is 0.367 e. The predicted molar refractivity (Wildman–Crippen MR) is 124 cm³/mol. The van der Waals surface area contributed by atoms with E-state index in [0.717, 1.165) is 30.4 Å². The number of nitrogens with zero attached hydrogens (tertiary/aromatic N) is 2. The van der Waals surface area contributed by atoms with Crippen molar-refractivity contribution in [2.75, 3.05) is 15.4 Å². The van der Waals surface area contributed by atoms with Gasteiger partial charge in [0.15, 0.2) is 0 Å². The number of benzene rings is 2. The van der Waals surface area contributed by atoms with E-state index >= 15 is 0 Å². The molecule has 4 rings (SSSR count). The third kappa shape index (κ3) is 5.53. The van der Waals surface area contributed by atoms with Gasteiger partial charge < -0.3 is 10.6 Å². The fraction of sp³-hybridized carbons (Fsp3) is 0.304. The van der Waals surface area contributed by atoms with Gasteiger partial charge in [0.05, 0.1) is 0 Å². The molecule has 1 saturated carbocycles. The topological polar surface area (TPSA) is 96.0 Å². The van der Waals surface area contributed by atoms with Crippen LogP contribution < -0.4 is 15.4 Å². The van der Waals surface area contributed by atoms with Crippen molar-refractivity contribution in [3.63, 3.8) is 0 Å². The number of sulfonamides is 1. The summed E-state index contributed by atoms with van der Waals surface area (Å²) in [4.78, 5) is 8.54. The molecule has 0 amide bonds. The van der Waals surface area contributed by atoms with Crippen LogP contribution in [0, 0.1) is 12.7 Å². The van der Waals surface area contributed by atoms with E-state index in [-0.39, 0.29) is 0 Å². The number of aromatic nitrogens is 2. The van der Waals surface area contributed by atoms with E-state index in [0.29, 0.717) is 23.4 Å². The molecule has 32 heavy (non-hydrogen) atoms. The van der Waals surface area contributed by atoms with E-state index in [1.54, 1.807) is 24.3 Å². The minimum Gasteiger partial charge on any atom is -0.367 e. The molecule has 7 nitrogen and oxygen atoms in total. The molecule has 1 aliphatic carbocycles. The van der Waals surface area contributed by atoms with Crippen molar-refractivity contribution in [1.82, 2.24) is 9.97 Å². The van der Waals surface area contributed by atoms with Crippen molar-refractivity contribution in [2.24, 2.45) is 0 Å². The van der Waals surface area contributed by atoms with Crippen LogP contribution in [0.25, 0.3) is 0 Å². The second-order valence-electron chi connectivity index (χ2n) is 7.90. The van der Waals surface area contributed by atoms with Crippen LogP contribution in [0.5, 0.6) is 0 Å². The standard InChI is InChI=1S/C23H26FN5O2S/c1-16-25-22(27-17-7-3-2-4-8-17)15-23(26-16)28-18-11-13-19(14-12-18)29-32(30,31)21-10-6-5-9-20(21)24/h5-6,9-15,17,29H,2-4,7-8H2,1H3,(H2,25,26,27,28). The number of anilines is 4. The van der Waals surface area contributed by atoms with Crippen molar-refractivity contribution in [1.29, 1.82) is 0 Å². The molecule has 1 heterocycles. The van der Waals surface area contributed by atoms with Crippen LogP contribution >= 0.6 is 0 Å². The van der Waals surface area contributed by atoms with Crippen LogP contribution in [0.3, 0.4) is 0 Å². The van der Waals surface area contributed by atoms with Gasteiger partial charge in [0.2, 0.25) is 0 Å². The molecule has 3 aromatic rings. The molecule has 9 heteroatoms. The Hall–Kier alpha value is -3.20. The molecule has 0 radical (unpaired) electrons. The zero-order chi connectivity index (χ0) is 22.6. The Kier molecular flexibility index (Phi) is 6.55. The highest BCUT2D eigenvalue weighted by atomic mass is 32.2. The first-order chi connectivity index (χ1) is 15.4. The first-order valence-electron chi connectivity index (χ1n) is 10.7. The third-order valence-corrected chi connectivity index (χ3v) is 6.75. The molecule has 0 saturated heterocycles. The molecule has 0 aliphatic heterocycles. The van der Waals surface area contributed by atoms with Gasteiger partial charge in [-0.1, -0.05) is 31.4 Å². The lowest BCUT2D eigenvalue weighted by Gasteiger charge is -2.23. The molecule has 1 aliphatic rings. The Labute approximate surface area is 187 Å². The lowest BCUT2D eigenvalue weighted by molar-refractivity contribution is 0.462. The van der Waals surface area contributed by atoms with E-state index in [9.17, 15) is 12.8 Å². The maximum Gasteiger partial charge on any atom is 0.264 e. The third-order valence-electron chi connectivity index (χ3n) is 5.33. The van der Waals surface area contributed by atoms with E-state index in [2.05, 4.69) is 25.3 Å². The normalized spacial score (nSPS) is 14.7. The van der Waals surface area contributed by atoms with Crippen LogP contribution in [0.15, 0.2) is 59.5 Å². The molecular weight excluding hydrogens is 429 g/mol. The average Bonchev–Trinajstić information content (AvgIpc) is 2.75. The van der Waals surface area contributed by atoms with Gasteiger partial charge in [-0.2, -0.15) is 0 Å². The molecule has 2 aromatic carbocycles. The van der Waals surface area contributed by atoms with E-state index in [1.807, 2.05) is 13.0 Å². The maximum absolute atomic E-state index is 13.9. The number of hydrogen-bond acceptors (Lipinski definition) is 6. The maximum atomic E-state index is 13.9. The summed E-state index contributed by atoms with van der Waals surface area (Å²) in [5.41, 5.74) is 1.07. The predicted octanol–water partition coefficient (Wildman–Crippen LogP) is 5.21. The highest BCUT2D eigenvalue weighted by Gasteiger charge is 2.18. The molecule has 1 fully saturated rings. The van der Waals surface area contributed by atoms with Crippen molar-refractivity contribution in [2.45, 2.75) is 50.0 Å². The first-order valence-corrected chi connectivity index (χ1v) is 12.1. The second kappa shape index (κ2) is 9.52. The molecule has 0 unspecified atom stereocenters. The fourth-order valence-electron chi connectivity index (χ4n) is 3.80. The monoisotopic (exact) mass is 455 g/mol. The number of hydrogen-bond donors (Lipinski definition) is 3. The Morgan fingerprint density at radius 3 is 2.28 bits per heavy atom. The van der Waals surface area contributed by atoms with Gasteiger partial charge in [0.25, 0.3) is 10.0 Å². The minimum atomic E-state index is -4.02. The lowest BCUT2D eigenvalue weighted by Crippen LogP contribution is -2.23. The molecule has 1 aromatic heterocycles. The zero-order valence-corrected chi connectivity index (χ0v) is 18.6. The number of nitrogens with one attached hydrogen (secondary N) is 3. The molecular formula is C23H26FN5O2S. The lowest BCUT2D eigenvalue weighted by atomic mass is 9.95. The Balaban J connectivity index is 1.44. The molecule has 3 N–H and O–H groups in total. The van der Waals surface area contributed by atoms with Gasteiger partial charge in [-0.3, -0.25) is 4.72 Å². The highest BCUT2D eigenvalue weighted by molar-refractivity contribution is 7.92. The van der Waals surface area contributed by atoms with Crippen LogP contribution in [-0.2, 0) is 10.0 Å². The number of aryl methyl sites for hydroxylation is 1. The summed E-state index contributed by atoms with van der Waals surface area (Å²) in [6.07, 6.45) is 6.06. The average molecular weight is 456 g/mol. The summed E-state index contributed by atoms with van der Waals surface area (Å²) in [5.74, 6) is 1.30. The summed E-state index contributed by atoms with van der Waals surface area (Å²) in [6.45, 7) is 1.85. The van der Waals surface area contributed by atoms with Crippen LogP contribution in [0.2, 0.25) is 0 Å². The van der Waals surface area contributed by atoms with E-state index in [4.69, 9.17) is 0 Å². The number of rotatable bonds is 7. The van der Waals surface area contributed by atoms with Gasteiger partial charge in [0.1, 0.15) is 28.2 Å². The number of halogens is 1. The molecule has 0 spiro atoms. The molecule has 168 valence electrons. The summed E-state index contributed by atoms with van der Waals surface area (Å²) in [6, 6.07) is 14.2. The Morgan fingerprint density at radius 1 is 0.906 bits per heavy atom. The van der Waals surface area contributed by atoms with Gasteiger partial charge in [-0.25, -0.2) is 22.8 Å². The van der Waals surface area contributed by atoms with Crippen molar-refractivity contribution in [3.8, 4) is 0 Å². The fourth-order valence-corrected chi connectivity index (χ4v) is 4.94. The summed E-state index contributed by atoms with van der Waals surface area (Å²) < 4.78 is 41.2. The summed E-state index contributed by atoms with van der Waals surface area (Å²) in [5, 5.41) is 6.73. The van der Waals surface area contributed by atoms with Crippen molar-refractivity contribution >= 4 is 33.0 Å². The quantitative estimate of drug-likeness (QED) is 0.452. The molecule has 0 atom stereocenters. The van der Waals surface area contributed by atoms with Crippen LogP contribution in [0.4, 0.5) is 27.4 Å². The van der Waals surface area contributed by atoms with Gasteiger partial charge in [-0.15, -0.1) is 0 Å². The summed E-state index contributed by atoms with van der Waals surface area (Å²) >= 11 is 0. The minimum absolute atomic E-state index is 0.331. The molecule has 0 bridgehead atoms. The highest BCUT2D eigenvalue weighted by Crippen LogP contribution is 2.24. The zero-order valence-electron chi connectivity index (χ0n) is 17.8. The van der Waals surface area contributed by atoms with Crippen molar-refractivity contribution in [3.05, 3.63) is 66.2 Å². The van der Waals surface area contributed by atoms with Gasteiger partial charge >= 0.3 is 0 Å². The summed E-state index contributed by atoms with van der Waals surface area (Å²) in [7, 11) is -4.02. The van der Waals surface area contributed by atoms with Crippen LogP contribution in [-0.4, -0.2) is 24.4 Å². The Bertz CT molecular complexity index is 1180. The van der Waals surface area contributed by atoms with E-state index < -0.39 is 20.7 Å². The van der Waals surface area contributed by atoms with Gasteiger partial charge in [-0.05, 0) is 56.2 Å². The first kappa shape index (κ1) is 22.0. The second-order valence-corrected chi connectivity index (χ2v) is 9.55. The van der Waals surface area contributed by atoms with Crippen LogP contribution in [0.1, 0.15) is 37.9 Å². The van der Waals surface area contributed by atoms with E-state index in [1.165, 1.54) is 37.5 Å². The van der Waals surface area contributed by atoms with Crippen molar-refractivity contribution < 1.29 is 12.8 Å². The van der Waals surface area contributed by atoms with Gasteiger partial charge in [0, 0.05) is 23.5 Å². The Morgan fingerprint density at radius 2 is 1.56 bits per heavy atom.